The van der Waals surface area contributed by atoms with E-state index in [4.69, 9.17) is 9.47 Å². The Morgan fingerprint density at radius 1 is 1.34 bits per heavy atom. The van der Waals surface area contributed by atoms with E-state index in [0.29, 0.717) is 30.5 Å². The first-order valence-electron chi connectivity index (χ1n) is 11.7. The van der Waals surface area contributed by atoms with E-state index in [1.165, 1.54) is 13.2 Å². The number of fused-ring (bicyclic) bond motifs is 4. The first-order chi connectivity index (χ1) is 17.0. The molecule has 2 aromatic heterocycles. The molecule has 1 amide bonds. The van der Waals surface area contributed by atoms with Gasteiger partial charge in [0.15, 0.2) is 0 Å². The molecule has 35 heavy (non-hydrogen) atoms. The van der Waals surface area contributed by atoms with Crippen LogP contribution in [-0.2, 0) is 4.79 Å². The van der Waals surface area contributed by atoms with Crippen molar-refractivity contribution in [3.63, 3.8) is 0 Å². The van der Waals surface area contributed by atoms with E-state index in [0.717, 1.165) is 51.9 Å². The second-order valence-electron chi connectivity index (χ2n) is 8.60. The van der Waals surface area contributed by atoms with Gasteiger partial charge in [-0.05, 0) is 0 Å². The molecule has 7 nitrogen and oxygen atoms in total. The number of rotatable bonds is 6. The van der Waals surface area contributed by atoms with Crippen molar-refractivity contribution < 1.29 is 39.9 Å². The first-order valence-corrected chi connectivity index (χ1v) is 14.4. The number of ether oxygens (including phenoxy) is 2. The van der Waals surface area contributed by atoms with E-state index >= 15 is 0 Å². The Hall–Kier alpha value is -2.82. The Balaban J connectivity index is 1.87. The Bertz CT molecular complexity index is 1170. The molecule has 0 aliphatic carbocycles. The van der Waals surface area contributed by atoms with Crippen LogP contribution >= 0.6 is 0 Å². The summed E-state index contributed by atoms with van der Waals surface area (Å²) < 4.78 is 27.4. The van der Waals surface area contributed by atoms with E-state index < -0.39 is 5.82 Å². The molecule has 1 aliphatic rings. The van der Waals surface area contributed by atoms with Crippen LogP contribution in [0.4, 0.5) is 15.8 Å². The fourth-order valence-corrected chi connectivity index (χ4v) is 8.02. The zero-order valence-electron chi connectivity index (χ0n) is 20.2. The first kappa shape index (κ1) is 25.3. The van der Waals surface area contributed by atoms with Gasteiger partial charge in [0, 0.05) is 0 Å². The molecule has 0 saturated carbocycles. The summed E-state index contributed by atoms with van der Waals surface area (Å²) >= 11 is -0.240. The fraction of sp³-hybridized carbons (Fsp3) is 0.385. The van der Waals surface area contributed by atoms with Gasteiger partial charge in [0.1, 0.15) is 0 Å². The van der Waals surface area contributed by atoms with Gasteiger partial charge in [0.25, 0.3) is 0 Å². The Kier molecular flexibility index (Phi) is 8.48. The third-order valence-corrected chi connectivity index (χ3v) is 9.60. The monoisotopic (exact) mass is 593 g/mol. The Labute approximate surface area is 215 Å². The second-order valence-corrected chi connectivity index (χ2v) is 12.1. The number of anilines is 2. The number of nitrogens with zero attached hydrogens (tertiary/aromatic N) is 1. The molecular weight excluding hydrogens is 562 g/mol. The number of benzene rings is 1. The van der Waals surface area contributed by atoms with E-state index in [1.54, 1.807) is 24.5 Å². The molecule has 188 valence electrons. The number of carbonyl (C=O) groups is 1. The summed E-state index contributed by atoms with van der Waals surface area (Å²) in [5.41, 5.74) is 5.18. The minimum atomic E-state index is -0.435. The number of alkyl halides is 2. The van der Waals surface area contributed by atoms with Gasteiger partial charge >= 0.3 is 216 Å². The quantitative estimate of drug-likeness (QED) is 0.231. The normalized spacial score (nSPS) is 18.4. The van der Waals surface area contributed by atoms with E-state index in [1.807, 2.05) is 6.07 Å². The number of pyridine rings is 1. The number of carbonyl (C=O) groups excluding carboxylic acids is 1. The summed E-state index contributed by atoms with van der Waals surface area (Å²) in [5.74, 6) is 0.975. The number of H-pyrrole nitrogens is 1. The number of hydrogen-bond donors (Lipinski definition) is 3. The molecule has 0 spiro atoms. The average molecular weight is 593 g/mol. The molecule has 9 heteroatoms. The van der Waals surface area contributed by atoms with E-state index in [9.17, 15) is 9.18 Å². The van der Waals surface area contributed by atoms with Crippen molar-refractivity contribution in [1.29, 1.82) is 0 Å². The molecule has 1 aliphatic heterocycles. The van der Waals surface area contributed by atoms with Crippen LogP contribution in [0.5, 0.6) is 11.5 Å². The number of nitrogens with one attached hydrogen (secondary N) is 3. The number of aromatic amines is 1. The number of methoxy groups -OCH3 is 1. The number of halogens is 2. The van der Waals surface area contributed by atoms with Crippen LogP contribution in [0, 0.1) is 18.7 Å². The van der Waals surface area contributed by atoms with Gasteiger partial charge in [0.2, 0.25) is 0 Å². The fourth-order valence-electron chi connectivity index (χ4n) is 4.22. The Morgan fingerprint density at radius 3 is 3.00 bits per heavy atom. The van der Waals surface area contributed by atoms with Gasteiger partial charge in [-0.2, -0.15) is 0 Å². The van der Waals surface area contributed by atoms with Crippen molar-refractivity contribution in [1.82, 2.24) is 15.3 Å². The summed E-state index contributed by atoms with van der Waals surface area (Å²) in [6, 6.07) is 6.74. The predicted octanol–water partition coefficient (Wildman–Crippen LogP) is 1.96. The van der Waals surface area contributed by atoms with Crippen molar-refractivity contribution in [3.8, 4) is 22.8 Å². The molecule has 4 rings (SSSR count). The SMILES string of the molecule is COc1c(F)cccc1Nc1c2[nH]c(c1C)C(CNC=O)[I-]CCC(C)CCOc1cnccc1-2. The van der Waals surface area contributed by atoms with Gasteiger partial charge in [-0.3, -0.25) is 0 Å². The molecule has 2 atom stereocenters. The summed E-state index contributed by atoms with van der Waals surface area (Å²) in [4.78, 5) is 19.1. The average Bonchev–Trinajstić information content (AvgIpc) is 3.17. The molecule has 0 radical (unpaired) electrons. The third kappa shape index (κ3) is 5.71. The van der Waals surface area contributed by atoms with Crippen LogP contribution in [0.25, 0.3) is 11.3 Å². The van der Waals surface area contributed by atoms with Crippen molar-refractivity contribution in [2.24, 2.45) is 5.92 Å². The predicted molar refractivity (Wildman–Crippen MR) is 131 cm³/mol. The minimum absolute atomic E-state index is 0.154. The molecule has 3 N–H and O–H groups in total. The number of aromatic nitrogens is 2. The summed E-state index contributed by atoms with van der Waals surface area (Å²) in [7, 11) is 1.46. The summed E-state index contributed by atoms with van der Waals surface area (Å²) in [6.07, 6.45) is 6.34. The zero-order valence-corrected chi connectivity index (χ0v) is 22.3. The second kappa shape index (κ2) is 11.7. The molecular formula is C26H31FIN4O3-. The van der Waals surface area contributed by atoms with Gasteiger partial charge in [-0.15, -0.1) is 0 Å². The topological polar surface area (TPSA) is 88.3 Å². The number of para-hydroxylation sites is 1. The third-order valence-electron chi connectivity index (χ3n) is 6.23. The summed E-state index contributed by atoms with van der Waals surface area (Å²) in [5, 5.41) is 6.32. The van der Waals surface area contributed by atoms with Crippen LogP contribution in [0.15, 0.2) is 36.7 Å². The van der Waals surface area contributed by atoms with E-state index in [2.05, 4.69) is 34.4 Å². The number of hydrogen-bond acceptors (Lipinski definition) is 5. The van der Waals surface area contributed by atoms with Gasteiger partial charge < -0.3 is 0 Å². The van der Waals surface area contributed by atoms with Crippen LogP contribution in [0.3, 0.4) is 0 Å². The van der Waals surface area contributed by atoms with Gasteiger partial charge in [-0.25, -0.2) is 0 Å². The molecule has 3 heterocycles. The summed E-state index contributed by atoms with van der Waals surface area (Å²) in [6.45, 7) is 5.51. The molecule has 2 bridgehead atoms. The standard InChI is InChI=1S/C26H31FIN4O3/c1-16-7-10-28-20(13-30-15-33)23-17(2)24(31-21-6-4-5-19(27)26(21)34-3)25(32-23)18-8-11-29-14-22(18)35-12-9-16/h4-6,8,11,14-16,20,31-32H,7,9-10,12-13H2,1-3H3,(H,30,33)/q-1. The molecule has 0 fully saturated rings. The molecule has 0 saturated heterocycles. The van der Waals surface area contributed by atoms with Crippen LogP contribution in [0.1, 0.15) is 34.9 Å². The van der Waals surface area contributed by atoms with Crippen molar-refractivity contribution in [2.45, 2.75) is 30.6 Å². The van der Waals surface area contributed by atoms with Crippen LogP contribution in [-0.4, -0.2) is 41.1 Å². The van der Waals surface area contributed by atoms with Crippen molar-refractivity contribution in [3.05, 3.63) is 53.7 Å². The molecule has 2 unspecified atom stereocenters. The van der Waals surface area contributed by atoms with Crippen molar-refractivity contribution in [2.75, 3.05) is 30.0 Å². The maximum atomic E-state index is 14.5. The van der Waals surface area contributed by atoms with Gasteiger partial charge in [-0.1, -0.05) is 0 Å². The number of amides is 1. The Morgan fingerprint density at radius 2 is 2.20 bits per heavy atom. The van der Waals surface area contributed by atoms with Crippen LogP contribution < -0.4 is 41.3 Å². The van der Waals surface area contributed by atoms with E-state index in [-0.39, 0.29) is 30.9 Å². The van der Waals surface area contributed by atoms with Gasteiger partial charge in [0.05, 0.1) is 0 Å². The maximum absolute atomic E-state index is 14.5. The van der Waals surface area contributed by atoms with Crippen molar-refractivity contribution >= 4 is 17.8 Å². The van der Waals surface area contributed by atoms with Crippen LogP contribution in [0.2, 0.25) is 0 Å². The molecule has 1 aromatic carbocycles. The zero-order chi connectivity index (χ0) is 24.8. The molecule has 3 aromatic rings.